The van der Waals surface area contributed by atoms with Crippen molar-refractivity contribution >= 4 is 38.6 Å². The van der Waals surface area contributed by atoms with Gasteiger partial charge in [-0.15, -0.1) is 0 Å². The highest BCUT2D eigenvalue weighted by molar-refractivity contribution is 7.22. The molecule has 9 heteroatoms. The summed E-state index contributed by atoms with van der Waals surface area (Å²) in [6.45, 7) is 2.23. The number of anilines is 1. The summed E-state index contributed by atoms with van der Waals surface area (Å²) in [6.07, 6.45) is 4.87. The minimum atomic E-state index is -0.512. The van der Waals surface area contributed by atoms with Crippen LogP contribution in [0.5, 0.6) is 0 Å². The van der Waals surface area contributed by atoms with Crippen molar-refractivity contribution in [3.63, 3.8) is 0 Å². The molecule has 4 N–H and O–H groups in total. The summed E-state index contributed by atoms with van der Waals surface area (Å²) in [5, 5.41) is 10.00. The summed E-state index contributed by atoms with van der Waals surface area (Å²) in [5.41, 5.74) is 8.42. The predicted octanol–water partition coefficient (Wildman–Crippen LogP) is 2.06. The lowest BCUT2D eigenvalue weighted by Gasteiger charge is -2.13. The van der Waals surface area contributed by atoms with Crippen molar-refractivity contribution in [2.24, 2.45) is 18.7 Å². The Bertz CT molecular complexity index is 964. The van der Waals surface area contributed by atoms with Crippen molar-refractivity contribution < 1.29 is 9.59 Å². The molecule has 1 atom stereocenters. The highest BCUT2D eigenvalue weighted by Crippen LogP contribution is 2.26. The molecule has 2 aromatic heterocycles. The zero-order valence-corrected chi connectivity index (χ0v) is 16.0. The number of amides is 3. The van der Waals surface area contributed by atoms with E-state index in [-0.39, 0.29) is 6.54 Å². The fraction of sp³-hybridized carbons (Fsp3) is 0.333. The summed E-state index contributed by atoms with van der Waals surface area (Å²) in [6, 6.07) is 5.64. The number of hydrogen-bond acceptors (Lipinski definition) is 5. The van der Waals surface area contributed by atoms with Crippen LogP contribution in [0, 0.1) is 5.92 Å². The lowest BCUT2D eigenvalue weighted by Crippen LogP contribution is -2.39. The van der Waals surface area contributed by atoms with E-state index in [1.165, 1.54) is 16.9 Å². The van der Waals surface area contributed by atoms with E-state index >= 15 is 0 Å². The fourth-order valence-corrected chi connectivity index (χ4v) is 3.66. The summed E-state index contributed by atoms with van der Waals surface area (Å²) in [5.74, 6) is -0.978. The summed E-state index contributed by atoms with van der Waals surface area (Å²) < 4.78 is 2.68. The van der Waals surface area contributed by atoms with Gasteiger partial charge in [0, 0.05) is 19.8 Å². The van der Waals surface area contributed by atoms with Crippen LogP contribution in [0.4, 0.5) is 9.93 Å². The van der Waals surface area contributed by atoms with E-state index in [0.29, 0.717) is 11.6 Å². The smallest absolute Gasteiger partial charge is 0.321 e. The van der Waals surface area contributed by atoms with Crippen LogP contribution in [0.1, 0.15) is 18.1 Å². The number of carbonyl (C=O) groups excluding carboxylic acids is 2. The third kappa shape index (κ3) is 4.82. The van der Waals surface area contributed by atoms with E-state index < -0.39 is 17.9 Å². The number of benzene rings is 1. The molecule has 3 amide bonds. The lowest BCUT2D eigenvalue weighted by molar-refractivity contribution is -0.121. The molecule has 0 radical (unpaired) electrons. The summed E-state index contributed by atoms with van der Waals surface area (Å²) >= 11 is 1.42. The molecular weight excluding hydrogens is 364 g/mol. The number of thiazole rings is 1. The van der Waals surface area contributed by atoms with Gasteiger partial charge in [-0.25, -0.2) is 9.78 Å². The molecule has 0 saturated heterocycles. The topological polar surface area (TPSA) is 115 Å². The molecule has 0 aliphatic carbocycles. The van der Waals surface area contributed by atoms with E-state index in [2.05, 4.69) is 33.7 Å². The molecule has 0 unspecified atom stereocenters. The minimum Gasteiger partial charge on any atom is -0.369 e. The molecule has 27 heavy (non-hydrogen) atoms. The predicted molar refractivity (Wildman–Crippen MR) is 106 cm³/mol. The zero-order valence-electron chi connectivity index (χ0n) is 15.2. The number of aromatic nitrogens is 3. The molecule has 0 aliphatic heterocycles. The monoisotopic (exact) mass is 386 g/mol. The SMILES string of the molecule is CCc1ccc2nc(NC(=O)NC[C@@H](Cc3cnn(C)c3)C(N)=O)sc2c1. The standard InChI is InChI=1S/C18H22N6O2S/c1-3-11-4-5-14-15(7-11)27-18(22-14)23-17(26)20-9-13(16(19)25)6-12-8-21-24(2)10-12/h4-5,7-8,10,13H,3,6,9H2,1-2H3,(H2,19,25)(H2,20,22,23,26)/t13-/m1/s1. The van der Waals surface area contributed by atoms with Crippen LogP contribution in [0.3, 0.4) is 0 Å². The normalized spacial score (nSPS) is 12.1. The first-order valence-electron chi connectivity index (χ1n) is 8.65. The van der Waals surface area contributed by atoms with E-state index in [1.807, 2.05) is 18.3 Å². The second-order valence-electron chi connectivity index (χ2n) is 6.34. The Morgan fingerprint density at radius 1 is 1.33 bits per heavy atom. The molecule has 0 bridgehead atoms. The molecule has 142 valence electrons. The molecule has 1 aromatic carbocycles. The Morgan fingerprint density at radius 3 is 2.81 bits per heavy atom. The van der Waals surface area contributed by atoms with Crippen LogP contribution in [0.25, 0.3) is 10.2 Å². The van der Waals surface area contributed by atoms with Crippen molar-refractivity contribution in [1.82, 2.24) is 20.1 Å². The van der Waals surface area contributed by atoms with Gasteiger partial charge in [0.1, 0.15) is 0 Å². The Morgan fingerprint density at radius 2 is 2.15 bits per heavy atom. The molecular formula is C18H22N6O2S. The van der Waals surface area contributed by atoms with Gasteiger partial charge in [0.05, 0.1) is 22.3 Å². The number of urea groups is 1. The average molecular weight is 386 g/mol. The maximum atomic E-state index is 12.2. The molecule has 3 rings (SSSR count). The van der Waals surface area contributed by atoms with Crippen LogP contribution in [-0.2, 0) is 24.7 Å². The number of hydrogen-bond donors (Lipinski definition) is 3. The van der Waals surface area contributed by atoms with Crippen molar-refractivity contribution in [3.05, 3.63) is 41.7 Å². The lowest BCUT2D eigenvalue weighted by atomic mass is 10.0. The van der Waals surface area contributed by atoms with Gasteiger partial charge >= 0.3 is 6.03 Å². The fourth-order valence-electron chi connectivity index (χ4n) is 2.73. The van der Waals surface area contributed by atoms with E-state index in [9.17, 15) is 9.59 Å². The maximum absolute atomic E-state index is 12.2. The van der Waals surface area contributed by atoms with Gasteiger partial charge < -0.3 is 11.1 Å². The van der Waals surface area contributed by atoms with Crippen LogP contribution >= 0.6 is 11.3 Å². The highest BCUT2D eigenvalue weighted by atomic mass is 32.1. The molecule has 0 fully saturated rings. The van der Waals surface area contributed by atoms with Crippen LogP contribution in [0.2, 0.25) is 0 Å². The number of fused-ring (bicyclic) bond motifs is 1. The third-order valence-electron chi connectivity index (χ3n) is 4.23. The second kappa shape index (κ2) is 8.17. The Balaban J connectivity index is 1.58. The van der Waals surface area contributed by atoms with Gasteiger partial charge in [-0.1, -0.05) is 24.3 Å². The van der Waals surface area contributed by atoms with Crippen LogP contribution in [0.15, 0.2) is 30.6 Å². The third-order valence-corrected chi connectivity index (χ3v) is 5.17. The van der Waals surface area contributed by atoms with E-state index in [4.69, 9.17) is 5.73 Å². The first-order chi connectivity index (χ1) is 12.9. The minimum absolute atomic E-state index is 0.140. The van der Waals surface area contributed by atoms with Gasteiger partial charge in [-0.3, -0.25) is 14.8 Å². The van der Waals surface area contributed by atoms with Crippen molar-refractivity contribution in [2.75, 3.05) is 11.9 Å². The van der Waals surface area contributed by atoms with Gasteiger partial charge in [0.15, 0.2) is 5.13 Å². The van der Waals surface area contributed by atoms with Crippen molar-refractivity contribution in [1.29, 1.82) is 0 Å². The number of nitrogens with two attached hydrogens (primary N) is 1. The second-order valence-corrected chi connectivity index (χ2v) is 7.37. The maximum Gasteiger partial charge on any atom is 0.321 e. The van der Waals surface area contributed by atoms with Gasteiger partial charge in [0.2, 0.25) is 5.91 Å². The zero-order chi connectivity index (χ0) is 19.4. The van der Waals surface area contributed by atoms with E-state index in [0.717, 1.165) is 22.2 Å². The Labute approximate surface area is 160 Å². The first-order valence-corrected chi connectivity index (χ1v) is 9.47. The number of rotatable bonds is 7. The highest BCUT2D eigenvalue weighted by Gasteiger charge is 2.18. The average Bonchev–Trinajstić information content (AvgIpc) is 3.22. The van der Waals surface area contributed by atoms with Crippen molar-refractivity contribution in [3.8, 4) is 0 Å². The summed E-state index contributed by atoms with van der Waals surface area (Å²) in [4.78, 5) is 28.2. The molecule has 0 spiro atoms. The van der Waals surface area contributed by atoms with Gasteiger partial charge in [0.25, 0.3) is 0 Å². The number of nitrogens with one attached hydrogen (secondary N) is 2. The number of nitrogens with zero attached hydrogens (tertiary/aromatic N) is 3. The van der Waals surface area contributed by atoms with Crippen LogP contribution in [-0.4, -0.2) is 33.2 Å². The summed E-state index contributed by atoms with van der Waals surface area (Å²) in [7, 11) is 1.80. The molecule has 2 heterocycles. The Kier molecular flexibility index (Phi) is 5.70. The number of carbonyl (C=O) groups is 2. The van der Waals surface area contributed by atoms with E-state index in [1.54, 1.807) is 17.9 Å². The van der Waals surface area contributed by atoms with Crippen LogP contribution < -0.4 is 16.4 Å². The largest absolute Gasteiger partial charge is 0.369 e. The molecule has 0 aliphatic rings. The number of primary amides is 1. The molecule has 3 aromatic rings. The van der Waals surface area contributed by atoms with Gasteiger partial charge in [-0.2, -0.15) is 5.10 Å². The quantitative estimate of drug-likeness (QED) is 0.576. The first kappa shape index (κ1) is 18.8. The number of aryl methyl sites for hydroxylation is 2. The van der Waals surface area contributed by atoms with Crippen molar-refractivity contribution in [2.45, 2.75) is 19.8 Å². The van der Waals surface area contributed by atoms with Gasteiger partial charge in [-0.05, 0) is 36.1 Å². The molecule has 8 nitrogen and oxygen atoms in total. The molecule has 0 saturated carbocycles. The Hall–Kier alpha value is -2.94.